The van der Waals surface area contributed by atoms with Crippen LogP contribution in [-0.4, -0.2) is 13.2 Å². The molecule has 0 unspecified atom stereocenters. The van der Waals surface area contributed by atoms with Crippen LogP contribution in [-0.2, 0) is 6.42 Å². The summed E-state index contributed by atoms with van der Waals surface area (Å²) in [6, 6.07) is 16.1. The van der Waals surface area contributed by atoms with Gasteiger partial charge >= 0.3 is 0 Å². The molecule has 124 valence electrons. The molecule has 2 heteroatoms. The van der Waals surface area contributed by atoms with E-state index in [-0.39, 0.29) is 0 Å². The molecule has 2 aromatic rings. The second-order valence-corrected chi connectivity index (χ2v) is 5.28. The van der Waals surface area contributed by atoms with Crippen LogP contribution < -0.4 is 9.47 Å². The van der Waals surface area contributed by atoms with Gasteiger partial charge in [-0.1, -0.05) is 61.2 Å². The fraction of sp³-hybridized carbons (Fsp3) is 0.182. The molecule has 0 spiro atoms. The molecule has 0 atom stereocenters. The SMILES string of the molecule is C=C/C=C/Cc1ccc(OCCOc2ccc(/C=C/C)cc2)cc1. The lowest BCUT2D eigenvalue weighted by Gasteiger charge is -2.09. The Labute approximate surface area is 144 Å². The van der Waals surface area contributed by atoms with Crippen molar-refractivity contribution in [2.24, 2.45) is 0 Å². The first kappa shape index (κ1) is 17.6. The number of rotatable bonds is 9. The maximum absolute atomic E-state index is 5.70. The molecule has 0 aliphatic rings. The fourth-order valence-electron chi connectivity index (χ4n) is 2.21. The molecule has 0 amide bonds. The highest BCUT2D eigenvalue weighted by atomic mass is 16.5. The van der Waals surface area contributed by atoms with E-state index in [1.807, 2.05) is 55.5 Å². The number of hydrogen-bond acceptors (Lipinski definition) is 2. The molecule has 0 radical (unpaired) electrons. The average molecular weight is 320 g/mol. The molecule has 2 nitrogen and oxygen atoms in total. The van der Waals surface area contributed by atoms with Crippen LogP contribution >= 0.6 is 0 Å². The maximum atomic E-state index is 5.70. The molecule has 0 saturated heterocycles. The zero-order valence-corrected chi connectivity index (χ0v) is 14.2. The molecule has 0 N–H and O–H groups in total. The predicted octanol–water partition coefficient (Wildman–Crippen LogP) is 5.46. The highest BCUT2D eigenvalue weighted by Gasteiger charge is 1.97. The first-order chi connectivity index (χ1) is 11.8. The second-order valence-electron chi connectivity index (χ2n) is 5.28. The van der Waals surface area contributed by atoms with Crippen LogP contribution in [0.5, 0.6) is 11.5 Å². The van der Waals surface area contributed by atoms with Gasteiger partial charge in [0.2, 0.25) is 0 Å². The van der Waals surface area contributed by atoms with Gasteiger partial charge in [0, 0.05) is 0 Å². The molecule has 0 aliphatic carbocycles. The Hall–Kier alpha value is -2.74. The van der Waals surface area contributed by atoms with Crippen LogP contribution in [0.25, 0.3) is 6.08 Å². The van der Waals surface area contributed by atoms with Gasteiger partial charge in [-0.25, -0.2) is 0 Å². The summed E-state index contributed by atoms with van der Waals surface area (Å²) in [5, 5.41) is 0. The summed E-state index contributed by atoms with van der Waals surface area (Å²) in [5.41, 5.74) is 2.42. The number of allylic oxidation sites excluding steroid dienone is 4. The van der Waals surface area contributed by atoms with Gasteiger partial charge in [0.05, 0.1) is 0 Å². The summed E-state index contributed by atoms with van der Waals surface area (Å²) in [6.07, 6.45) is 10.8. The minimum atomic E-state index is 0.520. The highest BCUT2D eigenvalue weighted by molar-refractivity contribution is 5.50. The zero-order chi connectivity index (χ0) is 17.0. The molecular weight excluding hydrogens is 296 g/mol. The van der Waals surface area contributed by atoms with Crippen molar-refractivity contribution in [1.29, 1.82) is 0 Å². The third-order valence-corrected chi connectivity index (χ3v) is 3.41. The van der Waals surface area contributed by atoms with Gasteiger partial charge in [-0.3, -0.25) is 0 Å². The average Bonchev–Trinajstić information content (AvgIpc) is 2.62. The molecule has 0 heterocycles. The van der Waals surface area contributed by atoms with E-state index in [9.17, 15) is 0 Å². The first-order valence-corrected chi connectivity index (χ1v) is 8.16. The van der Waals surface area contributed by atoms with Gasteiger partial charge in [-0.15, -0.1) is 0 Å². The summed E-state index contributed by atoms with van der Waals surface area (Å²) in [4.78, 5) is 0. The third-order valence-electron chi connectivity index (χ3n) is 3.41. The number of benzene rings is 2. The van der Waals surface area contributed by atoms with E-state index in [0.29, 0.717) is 13.2 Å². The highest BCUT2D eigenvalue weighted by Crippen LogP contribution is 2.15. The summed E-state index contributed by atoms with van der Waals surface area (Å²) in [5.74, 6) is 1.72. The zero-order valence-electron chi connectivity index (χ0n) is 14.2. The molecule has 24 heavy (non-hydrogen) atoms. The van der Waals surface area contributed by atoms with E-state index in [4.69, 9.17) is 9.47 Å². The Morgan fingerprint density at radius 2 is 1.46 bits per heavy atom. The molecule has 0 saturated carbocycles. The van der Waals surface area contributed by atoms with Crippen molar-refractivity contribution in [3.8, 4) is 11.5 Å². The van der Waals surface area contributed by atoms with Gasteiger partial charge in [-0.2, -0.15) is 0 Å². The van der Waals surface area contributed by atoms with E-state index >= 15 is 0 Å². The summed E-state index contributed by atoms with van der Waals surface area (Å²) in [6.45, 7) is 6.71. The molecule has 0 fully saturated rings. The Morgan fingerprint density at radius 3 is 2.00 bits per heavy atom. The summed E-state index contributed by atoms with van der Waals surface area (Å²) in [7, 11) is 0. The predicted molar refractivity (Wildman–Crippen MR) is 102 cm³/mol. The largest absolute Gasteiger partial charge is 0.490 e. The topological polar surface area (TPSA) is 18.5 Å². The van der Waals surface area contributed by atoms with E-state index in [1.165, 1.54) is 11.1 Å². The van der Waals surface area contributed by atoms with Crippen molar-refractivity contribution < 1.29 is 9.47 Å². The Morgan fingerprint density at radius 1 is 0.875 bits per heavy atom. The number of ether oxygens (including phenoxy) is 2. The fourth-order valence-corrected chi connectivity index (χ4v) is 2.21. The number of hydrogen-bond donors (Lipinski definition) is 0. The van der Waals surface area contributed by atoms with Crippen molar-refractivity contribution in [2.45, 2.75) is 13.3 Å². The van der Waals surface area contributed by atoms with Gasteiger partial charge < -0.3 is 9.47 Å². The van der Waals surface area contributed by atoms with Gasteiger partial charge in [0.25, 0.3) is 0 Å². The van der Waals surface area contributed by atoms with E-state index in [0.717, 1.165) is 17.9 Å². The minimum Gasteiger partial charge on any atom is -0.490 e. The van der Waals surface area contributed by atoms with Crippen LogP contribution in [0.3, 0.4) is 0 Å². The quantitative estimate of drug-likeness (QED) is 0.451. The van der Waals surface area contributed by atoms with Gasteiger partial charge in [0.1, 0.15) is 24.7 Å². The van der Waals surface area contributed by atoms with Crippen LogP contribution in [0.15, 0.2) is 79.4 Å². The second kappa shape index (κ2) is 10.1. The van der Waals surface area contributed by atoms with Crippen LogP contribution in [0, 0.1) is 0 Å². The lowest BCUT2D eigenvalue weighted by molar-refractivity contribution is 0.217. The molecule has 0 aromatic heterocycles. The lowest BCUT2D eigenvalue weighted by atomic mass is 10.1. The van der Waals surface area contributed by atoms with E-state index < -0.39 is 0 Å². The minimum absolute atomic E-state index is 0.520. The summed E-state index contributed by atoms with van der Waals surface area (Å²) >= 11 is 0. The molecule has 2 aromatic carbocycles. The molecule has 2 rings (SSSR count). The first-order valence-electron chi connectivity index (χ1n) is 8.16. The monoisotopic (exact) mass is 320 g/mol. The Bertz CT molecular complexity index is 664. The lowest BCUT2D eigenvalue weighted by Crippen LogP contribution is -2.08. The van der Waals surface area contributed by atoms with Crippen molar-refractivity contribution in [1.82, 2.24) is 0 Å². The molecular formula is C22H24O2. The van der Waals surface area contributed by atoms with Crippen molar-refractivity contribution in [3.63, 3.8) is 0 Å². The van der Waals surface area contributed by atoms with E-state index in [1.54, 1.807) is 6.08 Å². The maximum Gasteiger partial charge on any atom is 0.122 e. The van der Waals surface area contributed by atoms with Crippen molar-refractivity contribution >= 4 is 6.08 Å². The van der Waals surface area contributed by atoms with Crippen LogP contribution in [0.4, 0.5) is 0 Å². The van der Waals surface area contributed by atoms with Gasteiger partial charge in [-0.05, 0) is 48.7 Å². The van der Waals surface area contributed by atoms with E-state index in [2.05, 4.69) is 30.9 Å². The van der Waals surface area contributed by atoms with Crippen molar-refractivity contribution in [3.05, 3.63) is 90.5 Å². The molecule has 0 bridgehead atoms. The normalized spacial score (nSPS) is 11.0. The standard InChI is InChI=1S/C22H24O2/c1-3-5-6-8-20-11-15-22(16-12-20)24-18-17-23-21-13-9-19(7-4-2)10-14-21/h3-7,9-16H,1,8,17-18H2,2H3/b6-5+,7-4+. The van der Waals surface area contributed by atoms with Crippen molar-refractivity contribution in [2.75, 3.05) is 13.2 Å². The van der Waals surface area contributed by atoms with Crippen LogP contribution in [0.2, 0.25) is 0 Å². The Balaban J connectivity index is 1.71. The Kier molecular flexibility index (Phi) is 7.42. The smallest absolute Gasteiger partial charge is 0.122 e. The summed E-state index contributed by atoms with van der Waals surface area (Å²) < 4.78 is 11.4. The molecule has 0 aliphatic heterocycles. The van der Waals surface area contributed by atoms with Gasteiger partial charge in [0.15, 0.2) is 0 Å². The third kappa shape index (κ3) is 6.17. The van der Waals surface area contributed by atoms with Crippen LogP contribution in [0.1, 0.15) is 18.1 Å².